The first-order chi connectivity index (χ1) is 30.2. The molecule has 63 heavy (non-hydrogen) atoms. The number of nitrogens with zero attached hydrogens (tertiary/aromatic N) is 7. The molecule has 1 saturated heterocycles. The number of benzene rings is 5. The van der Waals surface area contributed by atoms with Crippen LogP contribution in [0.5, 0.6) is 17.2 Å². The Hall–Kier alpha value is -7.10. The van der Waals surface area contributed by atoms with E-state index in [2.05, 4.69) is 25.5 Å². The molecule has 0 radical (unpaired) electrons. The van der Waals surface area contributed by atoms with Gasteiger partial charge in [0.2, 0.25) is 10.0 Å². The van der Waals surface area contributed by atoms with Gasteiger partial charge in [0.25, 0.3) is 0 Å². The van der Waals surface area contributed by atoms with E-state index in [0.717, 1.165) is 21.3 Å². The highest BCUT2D eigenvalue weighted by molar-refractivity contribution is 7.94. The lowest BCUT2D eigenvalue weighted by atomic mass is 9.97. The number of H-pyrrole nitrogens is 1. The van der Waals surface area contributed by atoms with Crippen molar-refractivity contribution in [2.75, 3.05) is 40.2 Å². The lowest BCUT2D eigenvalue weighted by molar-refractivity contribution is 0.119. The molecule has 1 aliphatic rings. The number of aromatic amines is 1. The summed E-state index contributed by atoms with van der Waals surface area (Å²) in [5.74, 6) is 0.614. The highest BCUT2D eigenvalue weighted by atomic mass is 32.2. The van der Waals surface area contributed by atoms with Crippen molar-refractivity contribution in [1.82, 2.24) is 39.4 Å². The van der Waals surface area contributed by atoms with Crippen LogP contribution in [0.3, 0.4) is 0 Å². The Labute approximate surface area is 360 Å². The first-order valence-electron chi connectivity index (χ1n) is 19.2. The van der Waals surface area contributed by atoms with E-state index in [0.29, 0.717) is 33.9 Å². The predicted octanol–water partition coefficient (Wildman–Crippen LogP) is 5.21. The molecule has 0 unspecified atom stereocenters. The number of nitrogen functional groups attached to an aromatic ring is 1. The van der Waals surface area contributed by atoms with Crippen LogP contribution in [0.2, 0.25) is 0 Å². The maximum absolute atomic E-state index is 16.0. The summed E-state index contributed by atoms with van der Waals surface area (Å²) in [5, 5.41) is 20.9. The van der Waals surface area contributed by atoms with Crippen LogP contribution in [0.15, 0.2) is 107 Å². The molecule has 1 fully saturated rings. The quantitative estimate of drug-likeness (QED) is 0.120. The van der Waals surface area contributed by atoms with E-state index >= 15 is 12.8 Å². The van der Waals surface area contributed by atoms with Crippen LogP contribution >= 0.6 is 0 Å². The number of rotatable bonds is 15. The van der Waals surface area contributed by atoms with Crippen molar-refractivity contribution in [1.29, 1.82) is 0 Å². The second-order valence-corrected chi connectivity index (χ2v) is 18.7. The third-order valence-electron chi connectivity index (χ3n) is 10.8. The van der Waals surface area contributed by atoms with Crippen molar-refractivity contribution < 1.29 is 45.3 Å². The summed E-state index contributed by atoms with van der Waals surface area (Å²) in [6.45, 7) is -1.35. The number of sulfonamides is 1. The number of hydrogen-bond acceptors (Lipinski definition) is 13. The number of hydrogen-bond donors (Lipinski definition) is 3. The molecule has 8 rings (SSSR count). The van der Waals surface area contributed by atoms with E-state index in [1.807, 2.05) is 0 Å². The molecular weight excluding hydrogens is 858 g/mol. The summed E-state index contributed by atoms with van der Waals surface area (Å²) in [5.41, 5.74) is 7.76. The Balaban J connectivity index is 1.43. The Bertz CT molecular complexity index is 3000. The molecule has 1 aliphatic heterocycles. The van der Waals surface area contributed by atoms with Gasteiger partial charge in [-0.1, -0.05) is 42.5 Å². The molecule has 0 aliphatic carbocycles. The van der Waals surface area contributed by atoms with Gasteiger partial charge in [0.05, 0.1) is 43.8 Å². The molecular formula is C42H40FN9O9S2. The summed E-state index contributed by atoms with van der Waals surface area (Å²) in [6.07, 6.45) is -1.33. The summed E-state index contributed by atoms with van der Waals surface area (Å²) in [7, 11) is -5.15. The number of likely N-dealkylation sites (tertiary alicyclic amines) is 1. The number of anilines is 1. The summed E-state index contributed by atoms with van der Waals surface area (Å²) in [4.78, 5) is 18.4. The first kappa shape index (κ1) is 42.6. The van der Waals surface area contributed by atoms with Gasteiger partial charge >= 0.3 is 6.09 Å². The van der Waals surface area contributed by atoms with Crippen LogP contribution in [0.4, 0.5) is 15.1 Å². The smallest absolute Gasteiger partial charge is 0.407 e. The van der Waals surface area contributed by atoms with E-state index in [1.54, 1.807) is 72.8 Å². The zero-order valence-electron chi connectivity index (χ0n) is 34.0. The summed E-state index contributed by atoms with van der Waals surface area (Å²) in [6, 6.07) is 25.5. The second kappa shape index (κ2) is 17.0. The number of methoxy groups -OCH3 is 3. The first-order valence-corrected chi connectivity index (χ1v) is 22.2. The number of imidazole rings is 1. The third-order valence-corrected chi connectivity index (χ3v) is 14.9. The molecule has 21 heteroatoms. The van der Waals surface area contributed by atoms with Gasteiger partial charge in [-0.15, -0.1) is 5.10 Å². The Kier molecular flexibility index (Phi) is 11.5. The number of carboxylic acid groups (broad SMARTS) is 1. The fourth-order valence-corrected chi connectivity index (χ4v) is 11.5. The van der Waals surface area contributed by atoms with Crippen LogP contribution in [0.25, 0.3) is 33.5 Å². The molecule has 7 aromatic rings. The number of sulfone groups is 1. The summed E-state index contributed by atoms with van der Waals surface area (Å²) >= 11 is 0. The van der Waals surface area contributed by atoms with Gasteiger partial charge in [-0.3, -0.25) is 0 Å². The number of tetrazole rings is 1. The fraction of sp³-hybridized carbons (Fsp3) is 0.214. The van der Waals surface area contributed by atoms with Gasteiger partial charge in [-0.05, 0) is 87.3 Å². The van der Waals surface area contributed by atoms with E-state index < -0.39 is 59.9 Å². The topological polar surface area (TPSA) is 238 Å². The SMILES string of the molecule is COc1ccc(CN(Cc2ccc(OC)cc2)S(=O)(=O)c2c(S(=O)(=O)C3CN(C(=O)O)C3)ccc(-c3ccc(F)c4nc(N)[nH]c34)c2-c2nnnn2Cc2ccc(OC)cc2)cc1. The van der Waals surface area contributed by atoms with Crippen molar-refractivity contribution in [3.8, 4) is 39.8 Å². The average molecular weight is 898 g/mol. The monoisotopic (exact) mass is 897 g/mol. The predicted molar refractivity (Wildman–Crippen MR) is 228 cm³/mol. The maximum atomic E-state index is 16.0. The second-order valence-electron chi connectivity index (χ2n) is 14.6. The van der Waals surface area contributed by atoms with Crippen LogP contribution < -0.4 is 19.9 Å². The molecule has 0 atom stereocenters. The number of nitrogens with one attached hydrogen (secondary N) is 1. The number of amides is 1. The molecule has 326 valence electrons. The molecule has 3 heterocycles. The number of aromatic nitrogens is 6. The summed E-state index contributed by atoms with van der Waals surface area (Å²) < 4.78 is 95.7. The standard InChI is InChI=1S/C42H40FN9O9S2/c1-59-28-10-4-25(5-11-28)20-51(21-26-6-12-29(60-2)13-7-26)63(57,58)39-35(62(55,56)31-23-50(24-31)42(53)54)19-17-32(33-16-18-34(43)38-37(33)45-41(44)46-38)36(39)40-47-48-49-52(40)22-27-8-14-30(61-3)15-9-27/h4-19,31H,20-24H2,1-3H3,(H,53,54)(H3,44,45,46). The van der Waals surface area contributed by atoms with Crippen molar-refractivity contribution in [3.05, 3.63) is 120 Å². The zero-order chi connectivity index (χ0) is 44.6. The fourth-order valence-electron chi connectivity index (χ4n) is 7.38. The largest absolute Gasteiger partial charge is 0.497 e. The lowest BCUT2D eigenvalue weighted by Crippen LogP contribution is -2.56. The lowest BCUT2D eigenvalue weighted by Gasteiger charge is -2.37. The van der Waals surface area contributed by atoms with Crippen molar-refractivity contribution >= 4 is 42.9 Å². The zero-order valence-corrected chi connectivity index (χ0v) is 35.6. The van der Waals surface area contributed by atoms with Gasteiger partial charge < -0.3 is 34.9 Å². The molecule has 5 aromatic carbocycles. The maximum Gasteiger partial charge on any atom is 0.407 e. The number of fused-ring (bicyclic) bond motifs is 1. The van der Waals surface area contributed by atoms with Crippen LogP contribution in [-0.2, 0) is 39.5 Å². The van der Waals surface area contributed by atoms with Gasteiger partial charge in [0.15, 0.2) is 27.4 Å². The number of nitrogens with two attached hydrogens (primary N) is 1. The highest BCUT2D eigenvalue weighted by Gasteiger charge is 2.45. The van der Waals surface area contributed by atoms with E-state index in [-0.39, 0.29) is 59.1 Å². The molecule has 4 N–H and O–H groups in total. The molecule has 0 saturated carbocycles. The van der Waals surface area contributed by atoms with Gasteiger partial charge in [0.1, 0.15) is 32.9 Å². The van der Waals surface area contributed by atoms with Gasteiger partial charge in [0, 0.05) is 31.7 Å². The Morgan fingerprint density at radius 2 is 1.35 bits per heavy atom. The third kappa shape index (κ3) is 8.20. The Morgan fingerprint density at radius 3 is 1.89 bits per heavy atom. The highest BCUT2D eigenvalue weighted by Crippen LogP contribution is 2.45. The molecule has 0 spiro atoms. The van der Waals surface area contributed by atoms with Crippen molar-refractivity contribution in [3.63, 3.8) is 0 Å². The van der Waals surface area contributed by atoms with Crippen LogP contribution in [0, 0.1) is 5.82 Å². The van der Waals surface area contributed by atoms with Crippen LogP contribution in [-0.4, -0.2) is 107 Å². The van der Waals surface area contributed by atoms with Crippen LogP contribution in [0.1, 0.15) is 16.7 Å². The minimum absolute atomic E-state index is 0.0182. The minimum atomic E-state index is -5.02. The number of halogens is 1. The number of carbonyl (C=O) groups is 1. The molecule has 18 nitrogen and oxygen atoms in total. The average Bonchev–Trinajstić information content (AvgIpc) is 3.89. The van der Waals surface area contributed by atoms with Gasteiger partial charge in [-0.25, -0.2) is 35.7 Å². The van der Waals surface area contributed by atoms with Crippen molar-refractivity contribution in [2.24, 2.45) is 0 Å². The minimum Gasteiger partial charge on any atom is -0.497 e. The molecule has 1 amide bonds. The Morgan fingerprint density at radius 1 is 0.810 bits per heavy atom. The number of ether oxygens (including phenoxy) is 3. The van der Waals surface area contributed by atoms with Gasteiger partial charge in [-0.2, -0.15) is 4.31 Å². The molecule has 2 aromatic heterocycles. The van der Waals surface area contributed by atoms with E-state index in [9.17, 15) is 18.3 Å². The molecule has 0 bridgehead atoms. The van der Waals surface area contributed by atoms with E-state index in [4.69, 9.17) is 19.9 Å². The van der Waals surface area contributed by atoms with E-state index in [1.165, 1.54) is 38.1 Å². The van der Waals surface area contributed by atoms with Crippen molar-refractivity contribution in [2.45, 2.75) is 34.7 Å². The normalized spacial score (nSPS) is 13.3.